The number of carbonyl (C=O) groups is 1. The SMILES string of the molecule is COc1ccccc1-c1cc(C(=O)NCc2cccnc2-c2ccco2)[nH]n1. The van der Waals surface area contributed by atoms with Gasteiger partial charge in [0.25, 0.3) is 5.91 Å². The molecule has 1 aromatic carbocycles. The fourth-order valence-electron chi connectivity index (χ4n) is 2.92. The third-order valence-corrected chi connectivity index (χ3v) is 4.29. The Morgan fingerprint density at radius 3 is 2.89 bits per heavy atom. The van der Waals surface area contributed by atoms with Crippen LogP contribution in [0.1, 0.15) is 16.1 Å². The molecule has 0 aliphatic carbocycles. The first-order valence-electron chi connectivity index (χ1n) is 8.71. The zero-order valence-corrected chi connectivity index (χ0v) is 15.2. The van der Waals surface area contributed by atoms with Gasteiger partial charge >= 0.3 is 0 Å². The van der Waals surface area contributed by atoms with Crippen LogP contribution in [0, 0.1) is 0 Å². The predicted octanol–water partition coefficient (Wildman–Crippen LogP) is 3.67. The predicted molar refractivity (Wildman–Crippen MR) is 104 cm³/mol. The van der Waals surface area contributed by atoms with E-state index in [9.17, 15) is 4.79 Å². The fraction of sp³-hybridized carbons (Fsp3) is 0.0952. The fourth-order valence-corrected chi connectivity index (χ4v) is 2.92. The van der Waals surface area contributed by atoms with Gasteiger partial charge in [-0.2, -0.15) is 5.10 Å². The monoisotopic (exact) mass is 374 g/mol. The molecule has 0 aliphatic rings. The van der Waals surface area contributed by atoms with Crippen LogP contribution in [-0.4, -0.2) is 28.2 Å². The van der Waals surface area contributed by atoms with Crippen molar-refractivity contribution >= 4 is 5.91 Å². The molecule has 2 N–H and O–H groups in total. The van der Waals surface area contributed by atoms with Gasteiger partial charge in [0.1, 0.15) is 17.1 Å². The summed E-state index contributed by atoms with van der Waals surface area (Å²) in [5, 5.41) is 9.91. The van der Waals surface area contributed by atoms with Crippen molar-refractivity contribution in [1.29, 1.82) is 0 Å². The lowest BCUT2D eigenvalue weighted by Gasteiger charge is -2.07. The van der Waals surface area contributed by atoms with Gasteiger partial charge in [-0.25, -0.2) is 0 Å². The Morgan fingerprint density at radius 1 is 1.18 bits per heavy atom. The molecule has 4 aromatic rings. The van der Waals surface area contributed by atoms with Crippen molar-refractivity contribution in [3.05, 3.63) is 78.3 Å². The molecule has 4 rings (SSSR count). The standard InChI is InChI=1S/C21H18N4O3/c1-27-18-8-3-2-7-15(18)16-12-17(25-24-16)21(26)23-13-14-6-4-10-22-20(14)19-9-5-11-28-19/h2-12H,13H2,1H3,(H,23,26)(H,24,25). The maximum atomic E-state index is 12.6. The highest BCUT2D eigenvalue weighted by atomic mass is 16.5. The first-order chi connectivity index (χ1) is 13.8. The van der Waals surface area contributed by atoms with E-state index < -0.39 is 0 Å². The average Bonchev–Trinajstić information content (AvgIpc) is 3.44. The lowest BCUT2D eigenvalue weighted by molar-refractivity contribution is 0.0946. The number of nitrogens with zero attached hydrogens (tertiary/aromatic N) is 2. The van der Waals surface area contributed by atoms with Crippen LogP contribution >= 0.6 is 0 Å². The van der Waals surface area contributed by atoms with Crippen molar-refractivity contribution < 1.29 is 13.9 Å². The molecule has 0 unspecified atom stereocenters. The molecular weight excluding hydrogens is 356 g/mol. The summed E-state index contributed by atoms with van der Waals surface area (Å²) in [6.07, 6.45) is 3.29. The zero-order chi connectivity index (χ0) is 19.3. The van der Waals surface area contributed by atoms with Crippen molar-refractivity contribution in [2.75, 3.05) is 7.11 Å². The number of H-pyrrole nitrogens is 1. The number of methoxy groups -OCH3 is 1. The third-order valence-electron chi connectivity index (χ3n) is 4.29. The smallest absolute Gasteiger partial charge is 0.269 e. The molecule has 0 spiro atoms. The summed E-state index contributed by atoms with van der Waals surface area (Å²) in [5.74, 6) is 1.09. The summed E-state index contributed by atoms with van der Waals surface area (Å²) >= 11 is 0. The number of aromatic amines is 1. The van der Waals surface area contributed by atoms with Gasteiger partial charge in [-0.05, 0) is 36.4 Å². The quantitative estimate of drug-likeness (QED) is 0.537. The van der Waals surface area contributed by atoms with Crippen LogP contribution in [0.5, 0.6) is 5.75 Å². The number of rotatable bonds is 6. The molecule has 0 saturated heterocycles. The summed E-state index contributed by atoms with van der Waals surface area (Å²) in [7, 11) is 1.60. The summed E-state index contributed by atoms with van der Waals surface area (Å²) in [4.78, 5) is 16.9. The van der Waals surface area contributed by atoms with E-state index in [1.165, 1.54) is 0 Å². The van der Waals surface area contributed by atoms with E-state index in [4.69, 9.17) is 9.15 Å². The number of furan rings is 1. The number of carbonyl (C=O) groups excluding carboxylic acids is 1. The number of nitrogens with one attached hydrogen (secondary N) is 2. The largest absolute Gasteiger partial charge is 0.496 e. The minimum absolute atomic E-state index is 0.261. The first kappa shape index (κ1) is 17.5. The third kappa shape index (κ3) is 3.50. The minimum Gasteiger partial charge on any atom is -0.496 e. The Balaban J connectivity index is 1.50. The van der Waals surface area contributed by atoms with Crippen LogP contribution in [-0.2, 0) is 6.54 Å². The number of ether oxygens (including phenoxy) is 1. The highest BCUT2D eigenvalue weighted by Crippen LogP contribution is 2.28. The van der Waals surface area contributed by atoms with Crippen LogP contribution in [0.3, 0.4) is 0 Å². The average molecular weight is 374 g/mol. The lowest BCUT2D eigenvalue weighted by atomic mass is 10.1. The topological polar surface area (TPSA) is 93.0 Å². The van der Waals surface area contributed by atoms with E-state index in [2.05, 4.69) is 20.5 Å². The van der Waals surface area contributed by atoms with Gasteiger partial charge < -0.3 is 14.5 Å². The highest BCUT2D eigenvalue weighted by Gasteiger charge is 2.15. The van der Waals surface area contributed by atoms with Crippen molar-refractivity contribution in [2.24, 2.45) is 0 Å². The highest BCUT2D eigenvalue weighted by molar-refractivity contribution is 5.93. The molecule has 7 heteroatoms. The van der Waals surface area contributed by atoms with Crippen molar-refractivity contribution in [3.8, 4) is 28.5 Å². The molecule has 140 valence electrons. The Bertz CT molecular complexity index is 1090. The molecule has 0 aliphatic heterocycles. The molecule has 28 heavy (non-hydrogen) atoms. The van der Waals surface area contributed by atoms with Gasteiger partial charge in [0, 0.05) is 23.9 Å². The van der Waals surface area contributed by atoms with Crippen molar-refractivity contribution in [3.63, 3.8) is 0 Å². The number of pyridine rings is 1. The van der Waals surface area contributed by atoms with Gasteiger partial charge in [-0.1, -0.05) is 18.2 Å². The number of para-hydroxylation sites is 1. The van der Waals surface area contributed by atoms with E-state index in [1.54, 1.807) is 31.7 Å². The molecular formula is C21H18N4O3. The summed E-state index contributed by atoms with van der Waals surface area (Å²) < 4.78 is 10.8. The van der Waals surface area contributed by atoms with E-state index in [-0.39, 0.29) is 5.91 Å². The molecule has 0 fully saturated rings. The van der Waals surface area contributed by atoms with Gasteiger partial charge in [-0.3, -0.25) is 14.9 Å². The van der Waals surface area contributed by atoms with E-state index >= 15 is 0 Å². The Hall–Kier alpha value is -3.87. The maximum Gasteiger partial charge on any atom is 0.269 e. The van der Waals surface area contributed by atoms with Crippen molar-refractivity contribution in [1.82, 2.24) is 20.5 Å². The van der Waals surface area contributed by atoms with E-state index in [0.29, 0.717) is 35.1 Å². The zero-order valence-electron chi connectivity index (χ0n) is 15.2. The van der Waals surface area contributed by atoms with E-state index in [0.717, 1.165) is 11.1 Å². The van der Waals surface area contributed by atoms with Crippen LogP contribution in [0.15, 0.2) is 71.5 Å². The second kappa shape index (κ2) is 7.79. The van der Waals surface area contributed by atoms with Crippen LogP contribution < -0.4 is 10.1 Å². The van der Waals surface area contributed by atoms with Crippen LogP contribution in [0.2, 0.25) is 0 Å². The van der Waals surface area contributed by atoms with Crippen LogP contribution in [0.25, 0.3) is 22.7 Å². The summed E-state index contributed by atoms with van der Waals surface area (Å²) in [6.45, 7) is 0.311. The van der Waals surface area contributed by atoms with Gasteiger partial charge in [0.15, 0.2) is 5.76 Å². The molecule has 0 atom stereocenters. The second-order valence-electron chi connectivity index (χ2n) is 6.04. The lowest BCUT2D eigenvalue weighted by Crippen LogP contribution is -2.23. The number of aromatic nitrogens is 3. The molecule has 3 heterocycles. The molecule has 3 aromatic heterocycles. The van der Waals surface area contributed by atoms with Crippen molar-refractivity contribution in [2.45, 2.75) is 6.54 Å². The number of benzene rings is 1. The summed E-state index contributed by atoms with van der Waals surface area (Å²) in [6, 6.07) is 16.6. The first-order valence-corrected chi connectivity index (χ1v) is 8.71. The molecule has 1 amide bonds. The van der Waals surface area contributed by atoms with E-state index in [1.807, 2.05) is 42.5 Å². The Labute approximate surface area is 161 Å². The van der Waals surface area contributed by atoms with Gasteiger partial charge in [-0.15, -0.1) is 0 Å². The number of amides is 1. The normalized spacial score (nSPS) is 10.6. The molecule has 0 bridgehead atoms. The maximum absolute atomic E-state index is 12.6. The van der Waals surface area contributed by atoms with Crippen LogP contribution in [0.4, 0.5) is 0 Å². The Morgan fingerprint density at radius 2 is 2.07 bits per heavy atom. The van der Waals surface area contributed by atoms with Gasteiger partial charge in [0.2, 0.25) is 0 Å². The second-order valence-corrected chi connectivity index (χ2v) is 6.04. The minimum atomic E-state index is -0.261. The Kier molecular flexibility index (Phi) is 4.88. The van der Waals surface area contributed by atoms with Gasteiger partial charge in [0.05, 0.1) is 19.1 Å². The molecule has 0 saturated carbocycles. The molecule has 0 radical (unpaired) electrons. The number of hydrogen-bond donors (Lipinski definition) is 2. The number of hydrogen-bond acceptors (Lipinski definition) is 5. The summed E-state index contributed by atoms with van der Waals surface area (Å²) in [5.41, 5.74) is 3.37. The molecule has 7 nitrogen and oxygen atoms in total.